The normalized spacial score (nSPS) is 14.5. The average molecular weight is 596 g/mol. The fourth-order valence-corrected chi connectivity index (χ4v) is 5.98. The van der Waals surface area contributed by atoms with Crippen LogP contribution in [-0.4, -0.2) is 20.5 Å². The third kappa shape index (κ3) is 4.98. The van der Waals surface area contributed by atoms with Crippen molar-refractivity contribution in [3.63, 3.8) is 0 Å². The predicted octanol–water partition coefficient (Wildman–Crippen LogP) is 5.55. The van der Waals surface area contributed by atoms with Gasteiger partial charge in [0.2, 0.25) is 11.8 Å². The second-order valence-corrected chi connectivity index (χ2v) is 11.4. The van der Waals surface area contributed by atoms with E-state index < -0.39 is 27.5 Å². The molecule has 0 aliphatic carbocycles. The van der Waals surface area contributed by atoms with Crippen LogP contribution in [0.3, 0.4) is 0 Å². The number of aromatic nitrogens is 1. The molecule has 1 unspecified atom stereocenters. The molecule has 0 bridgehead atoms. The second kappa shape index (κ2) is 10.7. The zero-order valence-corrected chi connectivity index (χ0v) is 23.6. The molecule has 0 saturated carbocycles. The quantitative estimate of drug-likeness (QED) is 0.200. The third-order valence-corrected chi connectivity index (χ3v) is 8.48. The van der Waals surface area contributed by atoms with E-state index in [9.17, 15) is 22.9 Å². The van der Waals surface area contributed by atoms with Crippen molar-refractivity contribution >= 4 is 21.0 Å². The first-order valence-corrected chi connectivity index (χ1v) is 14.5. The molecule has 2 aromatic heterocycles. The Balaban J connectivity index is 1.51. The van der Waals surface area contributed by atoms with E-state index >= 15 is 0 Å². The van der Waals surface area contributed by atoms with Crippen LogP contribution in [0.15, 0.2) is 111 Å². The number of nitrogens with one attached hydrogen (secondary N) is 1. The lowest BCUT2D eigenvalue weighted by Crippen LogP contribution is -2.33. The van der Waals surface area contributed by atoms with Gasteiger partial charge >= 0.3 is 5.63 Å². The summed E-state index contributed by atoms with van der Waals surface area (Å²) in [4.78, 5) is 17.1. The molecular formula is C32H22FN3O6S. The van der Waals surface area contributed by atoms with Crippen LogP contribution in [0.5, 0.6) is 11.5 Å². The fourth-order valence-electron chi connectivity index (χ4n) is 4.97. The highest BCUT2D eigenvalue weighted by molar-refractivity contribution is 7.89. The van der Waals surface area contributed by atoms with E-state index in [0.717, 1.165) is 5.56 Å². The van der Waals surface area contributed by atoms with E-state index in [2.05, 4.69) is 9.71 Å². The highest BCUT2D eigenvalue weighted by Crippen LogP contribution is 2.44. The molecule has 6 rings (SSSR count). The van der Waals surface area contributed by atoms with Crippen molar-refractivity contribution in [1.29, 1.82) is 5.26 Å². The zero-order chi connectivity index (χ0) is 30.3. The molecule has 0 saturated heterocycles. The van der Waals surface area contributed by atoms with Crippen molar-refractivity contribution in [3.05, 3.63) is 130 Å². The summed E-state index contributed by atoms with van der Waals surface area (Å²) in [6.07, 6.45) is 1.41. The van der Waals surface area contributed by atoms with Crippen LogP contribution >= 0.6 is 0 Å². The average Bonchev–Trinajstić information content (AvgIpc) is 3.02. The summed E-state index contributed by atoms with van der Waals surface area (Å²) >= 11 is 0. The SMILES string of the molecule is COc1ccc(S(=O)(=O)NC2=C(C#N)C(c3ccc(-c4cnc(F)c(C)c4)cc3)c3c(c4ccccc4oc3=O)O2)cc1. The number of benzene rings is 3. The van der Waals surface area contributed by atoms with Crippen LogP contribution < -0.4 is 19.8 Å². The highest BCUT2D eigenvalue weighted by atomic mass is 32.2. The molecule has 0 spiro atoms. The fraction of sp³-hybridized carbons (Fsp3) is 0.0938. The van der Waals surface area contributed by atoms with Gasteiger partial charge in [0, 0.05) is 17.3 Å². The van der Waals surface area contributed by atoms with Crippen molar-refractivity contribution in [2.75, 3.05) is 7.11 Å². The van der Waals surface area contributed by atoms with Gasteiger partial charge in [-0.2, -0.15) is 9.65 Å². The molecular weight excluding hydrogens is 573 g/mol. The first kappa shape index (κ1) is 27.7. The molecule has 5 aromatic rings. The zero-order valence-electron chi connectivity index (χ0n) is 22.8. The van der Waals surface area contributed by atoms with Crippen LogP contribution in [-0.2, 0) is 10.0 Å². The Bertz CT molecular complexity index is 2130. The van der Waals surface area contributed by atoms with Crippen LogP contribution in [0.1, 0.15) is 22.6 Å². The molecule has 1 aliphatic rings. The summed E-state index contributed by atoms with van der Waals surface area (Å²) in [7, 11) is -2.77. The van der Waals surface area contributed by atoms with Gasteiger partial charge in [-0.15, -0.1) is 0 Å². The number of allylic oxidation sites excluding steroid dienone is 1. The van der Waals surface area contributed by atoms with Gasteiger partial charge in [0.1, 0.15) is 23.0 Å². The van der Waals surface area contributed by atoms with Gasteiger partial charge in [0.05, 0.1) is 28.9 Å². The number of aryl methyl sites for hydroxylation is 1. The number of fused-ring (bicyclic) bond motifs is 3. The molecule has 43 heavy (non-hydrogen) atoms. The number of methoxy groups -OCH3 is 1. The van der Waals surface area contributed by atoms with Gasteiger partial charge in [0.25, 0.3) is 10.0 Å². The van der Waals surface area contributed by atoms with E-state index in [-0.39, 0.29) is 33.2 Å². The van der Waals surface area contributed by atoms with E-state index in [1.807, 2.05) is 6.07 Å². The topological polar surface area (TPSA) is 132 Å². The van der Waals surface area contributed by atoms with E-state index in [0.29, 0.717) is 27.8 Å². The molecule has 1 N–H and O–H groups in total. The maximum Gasteiger partial charge on any atom is 0.344 e. The number of halogens is 1. The maximum absolute atomic E-state index is 13.7. The Morgan fingerprint density at radius 3 is 2.42 bits per heavy atom. The molecule has 0 radical (unpaired) electrons. The number of sulfonamides is 1. The molecule has 1 atom stereocenters. The van der Waals surface area contributed by atoms with Gasteiger partial charge in [0.15, 0.2) is 5.75 Å². The van der Waals surface area contributed by atoms with E-state index in [4.69, 9.17) is 13.9 Å². The molecule has 214 valence electrons. The van der Waals surface area contributed by atoms with Crippen LogP contribution in [0.25, 0.3) is 22.1 Å². The Morgan fingerprint density at radius 1 is 1.02 bits per heavy atom. The standard InChI is InChI=1S/C32H22FN3O6S/c1-18-15-21(17-35-30(18)33)19-7-9-20(10-8-19)27-25(16-34)31(36-43(38,39)23-13-11-22(40-2)12-14-23)42-29-24-5-3-4-6-26(24)41-32(37)28(27)29/h3-15,17,27,36H,1-2H3. The minimum atomic E-state index is -4.23. The van der Waals surface area contributed by atoms with E-state index in [1.54, 1.807) is 61.5 Å². The van der Waals surface area contributed by atoms with Crippen molar-refractivity contribution in [1.82, 2.24) is 9.71 Å². The molecule has 3 aromatic carbocycles. The number of pyridine rings is 1. The first-order valence-electron chi connectivity index (χ1n) is 13.0. The second-order valence-electron chi connectivity index (χ2n) is 9.75. The minimum absolute atomic E-state index is 0.0506. The van der Waals surface area contributed by atoms with Crippen molar-refractivity contribution in [2.45, 2.75) is 17.7 Å². The Morgan fingerprint density at radius 2 is 1.74 bits per heavy atom. The van der Waals surface area contributed by atoms with Crippen LogP contribution in [0, 0.1) is 24.2 Å². The van der Waals surface area contributed by atoms with Crippen molar-refractivity contribution in [3.8, 4) is 28.7 Å². The van der Waals surface area contributed by atoms with Gasteiger partial charge in [-0.05, 0) is 60.5 Å². The van der Waals surface area contributed by atoms with Gasteiger partial charge in [-0.1, -0.05) is 36.4 Å². The van der Waals surface area contributed by atoms with Gasteiger partial charge in [-0.3, -0.25) is 0 Å². The summed E-state index contributed by atoms with van der Waals surface area (Å²) in [6, 6.07) is 23.0. The molecule has 3 heterocycles. The predicted molar refractivity (Wildman–Crippen MR) is 155 cm³/mol. The third-order valence-electron chi connectivity index (χ3n) is 7.13. The number of nitrogens with zero attached hydrogens (tertiary/aromatic N) is 2. The van der Waals surface area contributed by atoms with E-state index in [1.165, 1.54) is 37.6 Å². The number of hydrogen-bond acceptors (Lipinski definition) is 8. The molecule has 0 fully saturated rings. The number of para-hydroxylation sites is 1. The number of ether oxygens (including phenoxy) is 2. The van der Waals surface area contributed by atoms with Gasteiger partial charge < -0.3 is 13.9 Å². The Kier molecular flexibility index (Phi) is 6.91. The summed E-state index contributed by atoms with van der Waals surface area (Å²) in [5, 5.41) is 10.8. The molecule has 9 nitrogen and oxygen atoms in total. The Hall–Kier alpha value is -5.47. The van der Waals surface area contributed by atoms with Crippen LogP contribution in [0.4, 0.5) is 4.39 Å². The minimum Gasteiger partial charge on any atom is -0.497 e. The molecule has 1 aliphatic heterocycles. The lowest BCUT2D eigenvalue weighted by molar-refractivity contribution is 0.374. The summed E-state index contributed by atoms with van der Waals surface area (Å²) in [6.45, 7) is 1.61. The number of hydrogen-bond donors (Lipinski definition) is 1. The Labute approximate surface area is 245 Å². The number of nitriles is 1. The number of rotatable bonds is 6. The first-order chi connectivity index (χ1) is 20.7. The van der Waals surface area contributed by atoms with Crippen molar-refractivity contribution < 1.29 is 26.7 Å². The molecule has 0 amide bonds. The molecule has 11 heteroatoms. The summed E-state index contributed by atoms with van der Waals surface area (Å²) in [5.41, 5.74) is 1.69. The summed E-state index contributed by atoms with van der Waals surface area (Å²) in [5.74, 6) is -1.40. The largest absolute Gasteiger partial charge is 0.497 e. The monoisotopic (exact) mass is 595 g/mol. The lowest BCUT2D eigenvalue weighted by atomic mass is 9.83. The lowest BCUT2D eigenvalue weighted by Gasteiger charge is -2.28. The van der Waals surface area contributed by atoms with Crippen molar-refractivity contribution in [2.24, 2.45) is 0 Å². The summed E-state index contributed by atoms with van der Waals surface area (Å²) < 4.78 is 59.7. The smallest absolute Gasteiger partial charge is 0.344 e. The maximum atomic E-state index is 13.7. The van der Waals surface area contributed by atoms with Gasteiger partial charge in [-0.25, -0.2) is 22.9 Å². The highest BCUT2D eigenvalue weighted by Gasteiger charge is 2.37. The van der Waals surface area contributed by atoms with Crippen LogP contribution in [0.2, 0.25) is 0 Å².